The predicted molar refractivity (Wildman–Crippen MR) is 103 cm³/mol. The molecule has 0 saturated carbocycles. The number of aromatic nitrogens is 4. The number of nitrogens with one attached hydrogen (secondary N) is 1. The number of hydrogen-bond donors (Lipinski definition) is 1. The van der Waals surface area contributed by atoms with Gasteiger partial charge >= 0.3 is 0 Å². The minimum Gasteiger partial charge on any atom is -0.378 e. The molecule has 0 amide bonds. The van der Waals surface area contributed by atoms with E-state index < -0.39 is 0 Å². The zero-order valence-corrected chi connectivity index (χ0v) is 15.8. The molecule has 1 aliphatic rings. The third kappa shape index (κ3) is 3.77. The molecule has 8 heteroatoms. The Morgan fingerprint density at radius 3 is 2.77 bits per heavy atom. The number of anilines is 1. The molecule has 4 rings (SSSR count). The van der Waals surface area contributed by atoms with Crippen molar-refractivity contribution in [3.63, 3.8) is 0 Å². The van der Waals surface area contributed by atoms with Crippen LogP contribution >= 0.6 is 23.2 Å². The first-order chi connectivity index (χ1) is 12.6. The van der Waals surface area contributed by atoms with Gasteiger partial charge < -0.3 is 10.1 Å². The van der Waals surface area contributed by atoms with E-state index >= 15 is 0 Å². The standard InChI is InChI=1S/C18H19Cl2N5O/c1-11-6-12(4-5-26-11)10-21-16-2-3-17-22-23-18(25(17)24-16)13-7-14(19)9-15(20)8-13/h2-3,7-9,11-12H,4-6,10H2,1H3,(H,21,24)/t11-,12+/m1/s1. The van der Waals surface area contributed by atoms with Crippen LogP contribution in [-0.4, -0.2) is 39.1 Å². The SMILES string of the molecule is C[C@@H]1C[C@@H](CNc2ccc3nnc(-c4cc(Cl)cc(Cl)c4)n3n2)CCO1. The Bertz CT molecular complexity index is 909. The maximum atomic E-state index is 6.11. The summed E-state index contributed by atoms with van der Waals surface area (Å²) in [5.74, 6) is 1.97. The molecule has 0 bridgehead atoms. The van der Waals surface area contributed by atoms with Gasteiger partial charge in [-0.05, 0) is 56.0 Å². The smallest absolute Gasteiger partial charge is 0.185 e. The second-order valence-corrected chi connectivity index (χ2v) is 7.50. The van der Waals surface area contributed by atoms with Crippen LogP contribution in [0, 0.1) is 5.92 Å². The van der Waals surface area contributed by atoms with Gasteiger partial charge in [-0.1, -0.05) is 23.2 Å². The van der Waals surface area contributed by atoms with Crippen LogP contribution in [0.5, 0.6) is 0 Å². The fourth-order valence-electron chi connectivity index (χ4n) is 3.27. The topological polar surface area (TPSA) is 64.3 Å². The van der Waals surface area contributed by atoms with E-state index in [1.54, 1.807) is 22.7 Å². The second kappa shape index (κ2) is 7.39. The molecule has 136 valence electrons. The monoisotopic (exact) mass is 391 g/mol. The number of ether oxygens (including phenoxy) is 1. The highest BCUT2D eigenvalue weighted by Gasteiger charge is 2.19. The number of benzene rings is 1. The lowest BCUT2D eigenvalue weighted by Gasteiger charge is -2.27. The summed E-state index contributed by atoms with van der Waals surface area (Å²) in [6, 6.07) is 9.10. The maximum Gasteiger partial charge on any atom is 0.185 e. The Hall–Kier alpha value is -1.89. The van der Waals surface area contributed by atoms with Crippen LogP contribution in [0.3, 0.4) is 0 Å². The van der Waals surface area contributed by atoms with Crippen molar-refractivity contribution in [1.29, 1.82) is 0 Å². The molecule has 1 aromatic carbocycles. The third-order valence-electron chi connectivity index (χ3n) is 4.55. The van der Waals surface area contributed by atoms with Gasteiger partial charge in [0.2, 0.25) is 0 Å². The molecule has 0 unspecified atom stereocenters. The molecular weight excluding hydrogens is 373 g/mol. The zero-order valence-electron chi connectivity index (χ0n) is 14.3. The van der Waals surface area contributed by atoms with E-state index in [9.17, 15) is 0 Å². The van der Waals surface area contributed by atoms with E-state index in [0.717, 1.165) is 37.4 Å². The van der Waals surface area contributed by atoms with E-state index in [-0.39, 0.29) is 0 Å². The van der Waals surface area contributed by atoms with Gasteiger partial charge in [-0.2, -0.15) is 4.52 Å². The number of halogens is 2. The van der Waals surface area contributed by atoms with Crippen LogP contribution in [0.15, 0.2) is 30.3 Å². The van der Waals surface area contributed by atoms with Crippen molar-refractivity contribution >= 4 is 34.7 Å². The lowest BCUT2D eigenvalue weighted by molar-refractivity contribution is 0.00557. The predicted octanol–water partition coefficient (Wildman–Crippen LogP) is 4.33. The van der Waals surface area contributed by atoms with Crippen molar-refractivity contribution in [3.8, 4) is 11.4 Å². The quantitative estimate of drug-likeness (QED) is 0.716. The molecule has 0 radical (unpaired) electrons. The van der Waals surface area contributed by atoms with Gasteiger partial charge in [0.15, 0.2) is 11.5 Å². The molecule has 1 fully saturated rings. The molecule has 2 atom stereocenters. The van der Waals surface area contributed by atoms with Gasteiger partial charge in [0.1, 0.15) is 5.82 Å². The van der Waals surface area contributed by atoms with E-state index in [4.69, 9.17) is 27.9 Å². The molecule has 0 spiro atoms. The summed E-state index contributed by atoms with van der Waals surface area (Å²) >= 11 is 12.2. The fraction of sp³-hybridized carbons (Fsp3) is 0.389. The van der Waals surface area contributed by atoms with Crippen molar-refractivity contribution in [1.82, 2.24) is 19.8 Å². The number of nitrogens with zero attached hydrogens (tertiary/aromatic N) is 4. The van der Waals surface area contributed by atoms with Crippen LogP contribution in [0.2, 0.25) is 10.0 Å². The van der Waals surface area contributed by atoms with E-state index in [1.807, 2.05) is 12.1 Å². The maximum absolute atomic E-state index is 6.11. The summed E-state index contributed by atoms with van der Waals surface area (Å²) in [6.45, 7) is 3.81. The lowest BCUT2D eigenvalue weighted by atomic mass is 9.96. The molecule has 6 nitrogen and oxygen atoms in total. The van der Waals surface area contributed by atoms with Gasteiger partial charge in [0.25, 0.3) is 0 Å². The minimum atomic E-state index is 0.322. The number of rotatable bonds is 4. The third-order valence-corrected chi connectivity index (χ3v) is 4.99. The molecule has 26 heavy (non-hydrogen) atoms. The van der Waals surface area contributed by atoms with Crippen molar-refractivity contribution < 1.29 is 4.74 Å². The summed E-state index contributed by atoms with van der Waals surface area (Å²) in [4.78, 5) is 0. The van der Waals surface area contributed by atoms with Crippen LogP contribution in [-0.2, 0) is 4.74 Å². The molecular formula is C18H19Cl2N5O. The minimum absolute atomic E-state index is 0.322. The van der Waals surface area contributed by atoms with Crippen LogP contribution in [0.1, 0.15) is 19.8 Å². The summed E-state index contributed by atoms with van der Waals surface area (Å²) in [7, 11) is 0. The van der Waals surface area contributed by atoms with Crippen LogP contribution in [0.4, 0.5) is 5.82 Å². The molecule has 1 aliphatic heterocycles. The number of hydrogen-bond acceptors (Lipinski definition) is 5. The largest absolute Gasteiger partial charge is 0.378 e. The van der Waals surface area contributed by atoms with Crippen molar-refractivity contribution in [2.75, 3.05) is 18.5 Å². The second-order valence-electron chi connectivity index (χ2n) is 6.62. The Kier molecular flexibility index (Phi) is 4.98. The zero-order chi connectivity index (χ0) is 18.1. The average Bonchev–Trinajstić information content (AvgIpc) is 3.02. The lowest BCUT2D eigenvalue weighted by Crippen LogP contribution is -2.28. The van der Waals surface area contributed by atoms with E-state index in [2.05, 4.69) is 27.5 Å². The van der Waals surface area contributed by atoms with E-state index in [0.29, 0.717) is 33.5 Å². The summed E-state index contributed by atoms with van der Waals surface area (Å²) < 4.78 is 7.31. The molecule has 0 aliphatic carbocycles. The first-order valence-corrected chi connectivity index (χ1v) is 9.38. The van der Waals surface area contributed by atoms with Crippen molar-refractivity contribution in [2.45, 2.75) is 25.9 Å². The highest BCUT2D eigenvalue weighted by atomic mass is 35.5. The normalized spacial score (nSPS) is 20.4. The Balaban J connectivity index is 1.58. The summed E-state index contributed by atoms with van der Waals surface area (Å²) in [5, 5.41) is 17.6. The molecule has 1 N–H and O–H groups in total. The van der Waals surface area contributed by atoms with Crippen LogP contribution in [0.25, 0.3) is 17.0 Å². The molecule has 3 aromatic rings. The van der Waals surface area contributed by atoms with E-state index in [1.165, 1.54) is 0 Å². The molecule has 1 saturated heterocycles. The Labute approximate surface area is 161 Å². The first kappa shape index (κ1) is 17.5. The van der Waals surface area contributed by atoms with Gasteiger partial charge in [0.05, 0.1) is 6.10 Å². The first-order valence-electron chi connectivity index (χ1n) is 8.63. The number of fused-ring (bicyclic) bond motifs is 1. The summed E-state index contributed by atoms with van der Waals surface area (Å²) in [5.41, 5.74) is 1.44. The molecule has 2 aromatic heterocycles. The molecule has 3 heterocycles. The van der Waals surface area contributed by atoms with Crippen molar-refractivity contribution in [2.24, 2.45) is 5.92 Å². The van der Waals surface area contributed by atoms with Crippen molar-refractivity contribution in [3.05, 3.63) is 40.4 Å². The van der Waals surface area contributed by atoms with Crippen LogP contribution < -0.4 is 5.32 Å². The Morgan fingerprint density at radius 1 is 1.19 bits per heavy atom. The Morgan fingerprint density at radius 2 is 2.00 bits per heavy atom. The van der Waals surface area contributed by atoms with Gasteiger partial charge in [0, 0.05) is 28.8 Å². The average molecular weight is 392 g/mol. The highest BCUT2D eigenvalue weighted by molar-refractivity contribution is 6.35. The van der Waals surface area contributed by atoms with Gasteiger partial charge in [-0.15, -0.1) is 15.3 Å². The fourth-order valence-corrected chi connectivity index (χ4v) is 3.80. The summed E-state index contributed by atoms with van der Waals surface area (Å²) in [6.07, 6.45) is 2.45. The van der Waals surface area contributed by atoms with Gasteiger partial charge in [-0.25, -0.2) is 0 Å². The van der Waals surface area contributed by atoms with Gasteiger partial charge in [-0.3, -0.25) is 0 Å². The highest BCUT2D eigenvalue weighted by Crippen LogP contribution is 2.26.